The van der Waals surface area contributed by atoms with E-state index in [2.05, 4.69) is 0 Å². The monoisotopic (exact) mass is 145 g/mol. The van der Waals surface area contributed by atoms with E-state index in [0.29, 0.717) is 6.10 Å². The number of nitrogens with zero attached hydrogens (tertiary/aromatic N) is 1. The van der Waals surface area contributed by atoms with Gasteiger partial charge < -0.3 is 16.2 Å². The van der Waals surface area contributed by atoms with E-state index < -0.39 is 0 Å². The van der Waals surface area contributed by atoms with E-state index in [0.717, 1.165) is 19.5 Å². The number of ether oxygens (including phenoxy) is 1. The highest BCUT2D eigenvalue weighted by molar-refractivity contribution is 4.76. The summed E-state index contributed by atoms with van der Waals surface area (Å²) in [4.78, 5) is 2.01. The van der Waals surface area contributed by atoms with Crippen LogP contribution in [0, 0.1) is 0 Å². The van der Waals surface area contributed by atoms with Crippen molar-refractivity contribution in [2.24, 2.45) is 11.5 Å². The smallest absolute Gasteiger partial charge is 0.109 e. The molecule has 1 aliphatic heterocycles. The van der Waals surface area contributed by atoms with E-state index in [1.165, 1.54) is 0 Å². The van der Waals surface area contributed by atoms with Crippen molar-refractivity contribution in [1.82, 2.24) is 4.90 Å². The first-order valence-electron chi connectivity index (χ1n) is 3.52. The van der Waals surface area contributed by atoms with Crippen molar-refractivity contribution in [2.45, 2.75) is 18.8 Å². The van der Waals surface area contributed by atoms with Gasteiger partial charge in [0.1, 0.15) is 6.29 Å². The molecule has 0 aromatic heterocycles. The number of methoxy groups -OCH3 is 1. The topological polar surface area (TPSA) is 64.5 Å². The highest BCUT2D eigenvalue weighted by atomic mass is 16.5. The Morgan fingerprint density at radius 1 is 1.60 bits per heavy atom. The number of rotatable bonds is 2. The van der Waals surface area contributed by atoms with Gasteiger partial charge in [-0.2, -0.15) is 0 Å². The molecular formula is C6H15N3O. The van der Waals surface area contributed by atoms with Gasteiger partial charge >= 0.3 is 0 Å². The second-order valence-electron chi connectivity index (χ2n) is 2.63. The molecule has 0 amide bonds. The van der Waals surface area contributed by atoms with Gasteiger partial charge in [-0.25, -0.2) is 0 Å². The second kappa shape index (κ2) is 3.30. The minimum absolute atomic E-state index is 0.319. The van der Waals surface area contributed by atoms with Crippen LogP contribution in [0.15, 0.2) is 0 Å². The largest absolute Gasteiger partial charge is 0.380 e. The predicted molar refractivity (Wildman–Crippen MR) is 39.1 cm³/mol. The maximum atomic E-state index is 5.46. The Labute approximate surface area is 61.1 Å². The molecule has 4 N–H and O–H groups in total. The van der Waals surface area contributed by atoms with Crippen LogP contribution in [0.1, 0.15) is 6.42 Å². The SMILES string of the molecule is COC1CCN(C(N)N)C1. The van der Waals surface area contributed by atoms with Gasteiger partial charge in [0.25, 0.3) is 0 Å². The van der Waals surface area contributed by atoms with Crippen LogP contribution in [-0.4, -0.2) is 37.5 Å². The van der Waals surface area contributed by atoms with Crippen molar-refractivity contribution >= 4 is 0 Å². The third-order valence-corrected chi connectivity index (χ3v) is 1.93. The third kappa shape index (κ3) is 1.67. The van der Waals surface area contributed by atoms with Gasteiger partial charge in [0.15, 0.2) is 0 Å². The summed E-state index contributed by atoms with van der Waals surface area (Å²) in [5, 5.41) is 0. The number of hydrogen-bond acceptors (Lipinski definition) is 4. The molecule has 1 heterocycles. The molecule has 1 atom stereocenters. The van der Waals surface area contributed by atoms with Crippen molar-refractivity contribution in [1.29, 1.82) is 0 Å². The van der Waals surface area contributed by atoms with Crippen molar-refractivity contribution in [3.8, 4) is 0 Å². The maximum Gasteiger partial charge on any atom is 0.109 e. The van der Waals surface area contributed by atoms with E-state index in [1.54, 1.807) is 7.11 Å². The van der Waals surface area contributed by atoms with Crippen LogP contribution >= 0.6 is 0 Å². The van der Waals surface area contributed by atoms with Crippen LogP contribution in [0.25, 0.3) is 0 Å². The molecule has 1 fully saturated rings. The fraction of sp³-hybridized carbons (Fsp3) is 1.00. The zero-order valence-electron chi connectivity index (χ0n) is 6.29. The van der Waals surface area contributed by atoms with Crippen molar-refractivity contribution in [3.63, 3.8) is 0 Å². The van der Waals surface area contributed by atoms with Crippen LogP contribution in [-0.2, 0) is 4.74 Å². The fourth-order valence-corrected chi connectivity index (χ4v) is 1.22. The summed E-state index contributed by atoms with van der Waals surface area (Å²) < 4.78 is 5.14. The fourth-order valence-electron chi connectivity index (χ4n) is 1.22. The van der Waals surface area contributed by atoms with E-state index in [9.17, 15) is 0 Å². The molecule has 0 saturated carbocycles. The van der Waals surface area contributed by atoms with Crippen LogP contribution in [0.2, 0.25) is 0 Å². The summed E-state index contributed by atoms with van der Waals surface area (Å²) in [5.74, 6) is 0. The van der Waals surface area contributed by atoms with Gasteiger partial charge in [-0.05, 0) is 6.42 Å². The third-order valence-electron chi connectivity index (χ3n) is 1.93. The minimum atomic E-state index is -0.319. The quantitative estimate of drug-likeness (QED) is 0.484. The minimum Gasteiger partial charge on any atom is -0.380 e. The molecule has 10 heavy (non-hydrogen) atoms. The molecule has 0 spiro atoms. The number of nitrogens with two attached hydrogens (primary N) is 2. The molecule has 0 radical (unpaired) electrons. The van der Waals surface area contributed by atoms with Crippen LogP contribution in [0.4, 0.5) is 0 Å². The van der Waals surface area contributed by atoms with Crippen LogP contribution < -0.4 is 11.5 Å². The highest BCUT2D eigenvalue weighted by Gasteiger charge is 2.23. The van der Waals surface area contributed by atoms with E-state index >= 15 is 0 Å². The Morgan fingerprint density at radius 3 is 2.60 bits per heavy atom. The standard InChI is InChI=1S/C6H15N3O/c1-10-5-2-3-9(4-5)6(7)8/h5-6H,2-4,7-8H2,1H3. The first-order chi connectivity index (χ1) is 4.74. The molecule has 4 nitrogen and oxygen atoms in total. The molecule has 1 aliphatic rings. The highest BCUT2D eigenvalue weighted by Crippen LogP contribution is 2.10. The molecule has 0 aromatic rings. The summed E-state index contributed by atoms with van der Waals surface area (Å²) >= 11 is 0. The van der Waals surface area contributed by atoms with Crippen LogP contribution in [0.3, 0.4) is 0 Å². The molecule has 4 heteroatoms. The lowest BCUT2D eigenvalue weighted by Crippen LogP contribution is -2.47. The lowest BCUT2D eigenvalue weighted by molar-refractivity contribution is 0.102. The molecule has 60 valence electrons. The summed E-state index contributed by atoms with van der Waals surface area (Å²) in [6.07, 6.45) is 1.05. The van der Waals surface area contributed by atoms with Gasteiger partial charge in [-0.15, -0.1) is 0 Å². The summed E-state index contributed by atoms with van der Waals surface area (Å²) in [7, 11) is 1.72. The first kappa shape index (κ1) is 7.94. The van der Waals surface area contributed by atoms with Gasteiger partial charge in [0, 0.05) is 20.2 Å². The van der Waals surface area contributed by atoms with Crippen molar-refractivity contribution in [3.05, 3.63) is 0 Å². The van der Waals surface area contributed by atoms with Gasteiger partial charge in [-0.3, -0.25) is 4.90 Å². The molecule has 0 bridgehead atoms. The Hall–Kier alpha value is -0.160. The predicted octanol–water partition coefficient (Wildman–Crippen LogP) is -1.09. The van der Waals surface area contributed by atoms with E-state index in [1.807, 2.05) is 4.90 Å². The zero-order chi connectivity index (χ0) is 7.56. The van der Waals surface area contributed by atoms with Gasteiger partial charge in [0.05, 0.1) is 6.10 Å². The molecule has 0 aliphatic carbocycles. The average Bonchev–Trinajstić information content (AvgIpc) is 2.34. The number of hydrogen-bond donors (Lipinski definition) is 2. The molecular weight excluding hydrogens is 130 g/mol. The molecule has 1 unspecified atom stereocenters. The Kier molecular flexibility index (Phi) is 2.62. The number of likely N-dealkylation sites (tertiary alicyclic amines) is 1. The summed E-state index contributed by atoms with van der Waals surface area (Å²) in [6, 6.07) is 0. The lowest BCUT2D eigenvalue weighted by atomic mass is 10.3. The normalized spacial score (nSPS) is 28.2. The summed E-state index contributed by atoms with van der Waals surface area (Å²) in [6.45, 7) is 1.82. The average molecular weight is 145 g/mol. The van der Waals surface area contributed by atoms with Crippen molar-refractivity contribution in [2.75, 3.05) is 20.2 Å². The summed E-state index contributed by atoms with van der Waals surface area (Å²) in [5.41, 5.74) is 10.9. The molecule has 0 aromatic carbocycles. The maximum absolute atomic E-state index is 5.46. The molecule has 1 saturated heterocycles. The van der Waals surface area contributed by atoms with Crippen molar-refractivity contribution < 1.29 is 4.74 Å². The first-order valence-corrected chi connectivity index (χ1v) is 3.52. The zero-order valence-corrected chi connectivity index (χ0v) is 6.29. The van der Waals surface area contributed by atoms with E-state index in [-0.39, 0.29) is 6.29 Å². The Morgan fingerprint density at radius 2 is 2.30 bits per heavy atom. The molecule has 1 rings (SSSR count). The van der Waals surface area contributed by atoms with Crippen LogP contribution in [0.5, 0.6) is 0 Å². The second-order valence-corrected chi connectivity index (χ2v) is 2.63. The van der Waals surface area contributed by atoms with Gasteiger partial charge in [-0.1, -0.05) is 0 Å². The lowest BCUT2D eigenvalue weighted by Gasteiger charge is -2.18. The van der Waals surface area contributed by atoms with Gasteiger partial charge in [0.2, 0.25) is 0 Å². The Bertz CT molecular complexity index is 107. The van der Waals surface area contributed by atoms with E-state index in [4.69, 9.17) is 16.2 Å². The Balaban J connectivity index is 2.28.